The molecule has 5 nitrogen and oxygen atoms in total. The van der Waals surface area contributed by atoms with Gasteiger partial charge in [-0.25, -0.2) is 4.98 Å². The third kappa shape index (κ3) is 3.53. The summed E-state index contributed by atoms with van der Waals surface area (Å²) in [5.74, 6) is 0.698. The van der Waals surface area contributed by atoms with E-state index in [1.165, 1.54) is 25.9 Å². The first-order chi connectivity index (χ1) is 10.8. The van der Waals surface area contributed by atoms with Gasteiger partial charge < -0.3 is 4.90 Å². The van der Waals surface area contributed by atoms with Gasteiger partial charge >= 0.3 is 0 Å². The molecule has 0 spiro atoms. The summed E-state index contributed by atoms with van der Waals surface area (Å²) in [6, 6.07) is 2.03. The number of aryl methyl sites for hydroxylation is 1. The SMILES string of the molecule is CCCn1nccc1-c1cncc(C[C@H]2CCCN(C)C2)n1. The average molecular weight is 299 g/mol. The highest BCUT2D eigenvalue weighted by atomic mass is 15.3. The largest absolute Gasteiger partial charge is 0.306 e. The zero-order valence-corrected chi connectivity index (χ0v) is 13.6. The Balaban J connectivity index is 1.76. The third-order valence-corrected chi connectivity index (χ3v) is 4.32. The van der Waals surface area contributed by atoms with Gasteiger partial charge in [0.1, 0.15) is 5.69 Å². The van der Waals surface area contributed by atoms with E-state index in [2.05, 4.69) is 29.0 Å². The van der Waals surface area contributed by atoms with Gasteiger partial charge in [0.05, 0.1) is 17.6 Å². The Morgan fingerprint density at radius 2 is 2.23 bits per heavy atom. The Labute approximate surface area is 132 Å². The second-order valence-electron chi connectivity index (χ2n) is 6.31. The Morgan fingerprint density at radius 3 is 3.05 bits per heavy atom. The first kappa shape index (κ1) is 15.2. The molecule has 0 N–H and O–H groups in total. The van der Waals surface area contributed by atoms with Crippen LogP contribution in [0.3, 0.4) is 0 Å². The Morgan fingerprint density at radius 1 is 1.32 bits per heavy atom. The maximum absolute atomic E-state index is 4.84. The zero-order chi connectivity index (χ0) is 15.4. The summed E-state index contributed by atoms with van der Waals surface area (Å²) < 4.78 is 2.02. The van der Waals surface area contributed by atoms with Crippen molar-refractivity contribution < 1.29 is 0 Å². The molecule has 22 heavy (non-hydrogen) atoms. The van der Waals surface area contributed by atoms with Crippen LogP contribution < -0.4 is 0 Å². The molecule has 1 fully saturated rings. The topological polar surface area (TPSA) is 46.8 Å². The minimum Gasteiger partial charge on any atom is -0.306 e. The van der Waals surface area contributed by atoms with Gasteiger partial charge in [0.15, 0.2) is 0 Å². The number of aromatic nitrogens is 4. The van der Waals surface area contributed by atoms with Gasteiger partial charge in [-0.05, 0) is 51.3 Å². The number of rotatable bonds is 5. The lowest BCUT2D eigenvalue weighted by atomic mass is 9.94. The summed E-state index contributed by atoms with van der Waals surface area (Å²) in [7, 11) is 2.21. The second kappa shape index (κ2) is 7.01. The Kier molecular flexibility index (Phi) is 4.83. The molecule has 1 atom stereocenters. The molecule has 0 bridgehead atoms. The van der Waals surface area contributed by atoms with Crippen LogP contribution in [0.25, 0.3) is 11.4 Å². The number of hydrogen-bond donors (Lipinski definition) is 0. The standard InChI is InChI=1S/C17H25N5/c1-3-8-22-17(6-7-19-22)16-12-18-11-15(20-16)10-14-5-4-9-21(2)13-14/h6-7,11-12,14H,3-5,8-10,13H2,1-2H3/t14-/m1/s1. The van der Waals surface area contributed by atoms with Gasteiger partial charge in [-0.15, -0.1) is 0 Å². The Hall–Kier alpha value is -1.75. The van der Waals surface area contributed by atoms with Crippen LogP contribution in [0.15, 0.2) is 24.7 Å². The summed E-state index contributed by atoms with van der Waals surface area (Å²) in [6.45, 7) is 5.47. The van der Waals surface area contributed by atoms with Crippen LogP contribution in [0, 0.1) is 5.92 Å². The predicted octanol–water partition coefficient (Wildman–Crippen LogP) is 2.63. The number of nitrogens with zero attached hydrogens (tertiary/aromatic N) is 5. The normalized spacial score (nSPS) is 19.5. The minimum absolute atomic E-state index is 0.698. The van der Waals surface area contributed by atoms with Gasteiger partial charge in [-0.2, -0.15) is 5.10 Å². The van der Waals surface area contributed by atoms with Gasteiger partial charge in [0.2, 0.25) is 0 Å². The third-order valence-electron chi connectivity index (χ3n) is 4.32. The van der Waals surface area contributed by atoms with Crippen LogP contribution in [0.5, 0.6) is 0 Å². The molecule has 1 aliphatic heterocycles. The maximum atomic E-state index is 4.84. The van der Waals surface area contributed by atoms with Gasteiger partial charge in [0.25, 0.3) is 0 Å². The molecular weight excluding hydrogens is 274 g/mol. The van der Waals surface area contributed by atoms with Gasteiger partial charge in [-0.3, -0.25) is 9.67 Å². The van der Waals surface area contributed by atoms with Crippen LogP contribution in [-0.4, -0.2) is 44.8 Å². The molecule has 1 saturated heterocycles. The van der Waals surface area contributed by atoms with E-state index in [1.54, 1.807) is 0 Å². The van der Waals surface area contributed by atoms with E-state index >= 15 is 0 Å². The molecule has 0 unspecified atom stereocenters. The van der Waals surface area contributed by atoms with Crippen molar-refractivity contribution in [2.45, 2.75) is 39.2 Å². The predicted molar refractivity (Wildman–Crippen MR) is 87.5 cm³/mol. The second-order valence-corrected chi connectivity index (χ2v) is 6.31. The molecule has 0 saturated carbocycles. The lowest BCUT2D eigenvalue weighted by Gasteiger charge is -2.29. The zero-order valence-electron chi connectivity index (χ0n) is 13.6. The van der Waals surface area contributed by atoms with Crippen molar-refractivity contribution in [1.82, 2.24) is 24.6 Å². The highest BCUT2D eigenvalue weighted by molar-refractivity contribution is 5.52. The lowest BCUT2D eigenvalue weighted by molar-refractivity contribution is 0.208. The molecule has 0 aromatic carbocycles. The fourth-order valence-corrected chi connectivity index (χ4v) is 3.30. The van der Waals surface area contributed by atoms with Gasteiger partial charge in [0, 0.05) is 25.5 Å². The van der Waals surface area contributed by atoms with Crippen molar-refractivity contribution in [2.75, 3.05) is 20.1 Å². The van der Waals surface area contributed by atoms with Crippen LogP contribution in [0.2, 0.25) is 0 Å². The van der Waals surface area contributed by atoms with Crippen molar-refractivity contribution >= 4 is 0 Å². The van der Waals surface area contributed by atoms with E-state index < -0.39 is 0 Å². The summed E-state index contributed by atoms with van der Waals surface area (Å²) in [4.78, 5) is 11.7. The Bertz CT molecular complexity index is 607. The molecule has 3 heterocycles. The van der Waals surface area contributed by atoms with Crippen LogP contribution in [-0.2, 0) is 13.0 Å². The monoisotopic (exact) mass is 299 g/mol. The molecular formula is C17H25N5. The number of hydrogen-bond acceptors (Lipinski definition) is 4. The van der Waals surface area contributed by atoms with Crippen molar-refractivity contribution in [2.24, 2.45) is 5.92 Å². The van der Waals surface area contributed by atoms with Crippen LogP contribution >= 0.6 is 0 Å². The van der Waals surface area contributed by atoms with Gasteiger partial charge in [-0.1, -0.05) is 6.92 Å². The van der Waals surface area contributed by atoms with E-state index in [4.69, 9.17) is 4.98 Å². The van der Waals surface area contributed by atoms with E-state index in [-0.39, 0.29) is 0 Å². The van der Waals surface area contributed by atoms with Crippen molar-refractivity contribution in [3.8, 4) is 11.4 Å². The van der Waals surface area contributed by atoms with Crippen molar-refractivity contribution in [3.63, 3.8) is 0 Å². The quantitative estimate of drug-likeness (QED) is 0.851. The fraction of sp³-hybridized carbons (Fsp3) is 0.588. The molecule has 2 aromatic heterocycles. The van der Waals surface area contributed by atoms with Crippen molar-refractivity contribution in [3.05, 3.63) is 30.4 Å². The number of piperidine rings is 1. The van der Waals surface area contributed by atoms with E-state index in [0.29, 0.717) is 5.92 Å². The molecule has 1 aliphatic rings. The average Bonchev–Trinajstić information content (AvgIpc) is 2.96. The molecule has 3 rings (SSSR count). The number of likely N-dealkylation sites (tertiary alicyclic amines) is 1. The first-order valence-corrected chi connectivity index (χ1v) is 8.28. The summed E-state index contributed by atoms with van der Waals surface area (Å²) in [5, 5.41) is 4.38. The molecule has 2 aromatic rings. The van der Waals surface area contributed by atoms with E-state index in [9.17, 15) is 0 Å². The first-order valence-electron chi connectivity index (χ1n) is 8.28. The van der Waals surface area contributed by atoms with Crippen molar-refractivity contribution in [1.29, 1.82) is 0 Å². The summed E-state index contributed by atoms with van der Waals surface area (Å²) in [5.41, 5.74) is 3.10. The maximum Gasteiger partial charge on any atom is 0.107 e. The summed E-state index contributed by atoms with van der Waals surface area (Å²) >= 11 is 0. The van der Waals surface area contributed by atoms with E-state index in [1.807, 2.05) is 29.3 Å². The van der Waals surface area contributed by atoms with E-state index in [0.717, 1.165) is 36.5 Å². The highest BCUT2D eigenvalue weighted by Gasteiger charge is 2.18. The molecule has 118 valence electrons. The molecule has 0 radical (unpaired) electrons. The molecule has 0 amide bonds. The molecule has 0 aliphatic carbocycles. The smallest absolute Gasteiger partial charge is 0.107 e. The lowest BCUT2D eigenvalue weighted by Crippen LogP contribution is -2.33. The fourth-order valence-electron chi connectivity index (χ4n) is 3.30. The highest BCUT2D eigenvalue weighted by Crippen LogP contribution is 2.21. The summed E-state index contributed by atoms with van der Waals surface area (Å²) in [6.07, 6.45) is 10.3. The molecule has 5 heteroatoms. The van der Waals surface area contributed by atoms with Crippen LogP contribution in [0.4, 0.5) is 0 Å². The minimum atomic E-state index is 0.698. The van der Waals surface area contributed by atoms with Crippen LogP contribution in [0.1, 0.15) is 31.9 Å².